The van der Waals surface area contributed by atoms with Crippen molar-refractivity contribution >= 4 is 33.4 Å². The van der Waals surface area contributed by atoms with Gasteiger partial charge in [0.1, 0.15) is 5.69 Å². The second-order valence-corrected chi connectivity index (χ2v) is 6.05. The van der Waals surface area contributed by atoms with E-state index >= 15 is 0 Å². The lowest BCUT2D eigenvalue weighted by atomic mass is 10.1. The van der Waals surface area contributed by atoms with E-state index in [1.54, 1.807) is 0 Å². The first-order chi connectivity index (χ1) is 11.8. The summed E-state index contributed by atoms with van der Waals surface area (Å²) < 4.78 is 7.60. The molecule has 5 nitrogen and oxygen atoms in total. The topological polar surface area (TPSA) is 56.7 Å². The molecule has 4 rings (SSSR count). The maximum Gasteiger partial charge on any atom is 0.276 e. The summed E-state index contributed by atoms with van der Waals surface area (Å²) in [4.78, 5) is 8.92. The summed E-state index contributed by atoms with van der Waals surface area (Å²) in [5.41, 5.74) is 2.99. The maximum atomic E-state index is 5.89. The highest BCUT2D eigenvalue weighted by molar-refractivity contribution is 6.17. The first kappa shape index (κ1) is 15.1. The van der Waals surface area contributed by atoms with Crippen LogP contribution in [0.1, 0.15) is 19.2 Å². The largest absolute Gasteiger partial charge is 0.339 e. The Labute approximate surface area is 144 Å². The molecule has 0 unspecified atom stereocenters. The molecule has 0 saturated heterocycles. The maximum absolute atomic E-state index is 5.89. The highest BCUT2D eigenvalue weighted by atomic mass is 35.5. The average molecular weight is 341 g/mol. The van der Waals surface area contributed by atoms with E-state index in [0.717, 1.165) is 30.3 Å². The lowest BCUT2D eigenvalue weighted by Crippen LogP contribution is -1.98. The number of halogens is 1. The molecule has 0 aliphatic rings. The molecular weight excluding hydrogens is 324 g/mol. The molecule has 4 aromatic rings. The van der Waals surface area contributed by atoms with Gasteiger partial charge in [-0.05, 0) is 18.6 Å². The zero-order chi connectivity index (χ0) is 16.5. The summed E-state index contributed by atoms with van der Waals surface area (Å²) in [6.07, 6.45) is 3.54. The van der Waals surface area contributed by atoms with Crippen molar-refractivity contribution in [1.29, 1.82) is 0 Å². The molecule has 0 aliphatic carbocycles. The monoisotopic (exact) mass is 340 g/mol. The molecule has 0 saturated carbocycles. The van der Waals surface area contributed by atoms with Crippen LogP contribution in [-0.4, -0.2) is 25.6 Å². The van der Waals surface area contributed by atoms with Crippen LogP contribution in [0.4, 0.5) is 0 Å². The first-order valence-electron chi connectivity index (χ1n) is 8.07. The number of rotatable bonds is 5. The Morgan fingerprint density at radius 1 is 1.17 bits per heavy atom. The summed E-state index contributed by atoms with van der Waals surface area (Å²) in [5, 5.41) is 6.29. The number of aromatic nitrogens is 4. The molecule has 3 aromatic heterocycles. The van der Waals surface area contributed by atoms with E-state index in [9.17, 15) is 0 Å². The smallest absolute Gasteiger partial charge is 0.276 e. The summed E-state index contributed by atoms with van der Waals surface area (Å²) in [6.45, 7) is 2.87. The van der Waals surface area contributed by atoms with E-state index in [1.165, 1.54) is 10.9 Å². The summed E-state index contributed by atoms with van der Waals surface area (Å²) in [7, 11) is 0. The van der Waals surface area contributed by atoms with Gasteiger partial charge in [-0.3, -0.25) is 0 Å². The van der Waals surface area contributed by atoms with Gasteiger partial charge in [-0.25, -0.2) is 4.98 Å². The second-order valence-electron chi connectivity index (χ2n) is 5.67. The molecule has 0 atom stereocenters. The van der Waals surface area contributed by atoms with Gasteiger partial charge >= 0.3 is 0 Å². The fraction of sp³-hybridized carbons (Fsp3) is 0.278. The number of hydrogen-bond acceptors (Lipinski definition) is 4. The van der Waals surface area contributed by atoms with E-state index in [2.05, 4.69) is 44.0 Å². The minimum Gasteiger partial charge on any atom is -0.339 e. The van der Waals surface area contributed by atoms with Crippen molar-refractivity contribution in [3.8, 4) is 11.6 Å². The SMILES string of the molecule is CCc1noc(-c2cc3c4ccccc4n(CCCCl)c3cn2)n1. The Morgan fingerprint density at radius 3 is 2.83 bits per heavy atom. The van der Waals surface area contributed by atoms with Gasteiger partial charge in [0.05, 0.1) is 11.7 Å². The van der Waals surface area contributed by atoms with Gasteiger partial charge in [-0.15, -0.1) is 11.6 Å². The molecule has 1 aromatic carbocycles. The predicted octanol–water partition coefficient (Wildman–Crippen LogP) is 4.43. The Balaban J connectivity index is 1.91. The molecular formula is C18H17ClN4O. The Hall–Kier alpha value is -2.40. The van der Waals surface area contributed by atoms with Gasteiger partial charge in [-0.1, -0.05) is 30.3 Å². The standard InChI is InChI=1S/C18H17ClN4O/c1-2-17-21-18(24-22-17)14-10-13-12-6-3-4-7-15(12)23(9-5-8-19)16(13)11-20-14/h3-4,6-7,10-11H,2,5,8-9H2,1H3. The minimum atomic E-state index is 0.464. The molecule has 0 bridgehead atoms. The van der Waals surface area contributed by atoms with E-state index in [0.29, 0.717) is 23.3 Å². The predicted molar refractivity (Wildman–Crippen MR) is 95.2 cm³/mol. The number of aryl methyl sites for hydroxylation is 2. The van der Waals surface area contributed by atoms with Crippen LogP contribution in [0.15, 0.2) is 41.1 Å². The molecule has 3 heterocycles. The highest BCUT2D eigenvalue weighted by Gasteiger charge is 2.15. The lowest BCUT2D eigenvalue weighted by molar-refractivity contribution is 0.422. The quantitative estimate of drug-likeness (QED) is 0.504. The number of pyridine rings is 1. The summed E-state index contributed by atoms with van der Waals surface area (Å²) in [6, 6.07) is 10.4. The number of para-hydroxylation sites is 1. The van der Waals surface area contributed by atoms with Crippen LogP contribution in [0.5, 0.6) is 0 Å². The zero-order valence-electron chi connectivity index (χ0n) is 13.4. The first-order valence-corrected chi connectivity index (χ1v) is 8.61. The van der Waals surface area contributed by atoms with Gasteiger partial charge in [-0.2, -0.15) is 4.98 Å². The third-order valence-electron chi connectivity index (χ3n) is 4.18. The normalized spacial score (nSPS) is 11.6. The van der Waals surface area contributed by atoms with Gasteiger partial charge in [0.25, 0.3) is 5.89 Å². The zero-order valence-corrected chi connectivity index (χ0v) is 14.1. The van der Waals surface area contributed by atoms with Crippen molar-refractivity contribution in [1.82, 2.24) is 19.7 Å². The molecule has 24 heavy (non-hydrogen) atoms. The van der Waals surface area contributed by atoms with Crippen LogP contribution in [-0.2, 0) is 13.0 Å². The Bertz CT molecular complexity index is 1000. The van der Waals surface area contributed by atoms with Gasteiger partial charge < -0.3 is 9.09 Å². The third kappa shape index (κ3) is 2.45. The van der Waals surface area contributed by atoms with E-state index in [1.807, 2.05) is 19.2 Å². The van der Waals surface area contributed by atoms with Crippen LogP contribution in [0.3, 0.4) is 0 Å². The third-order valence-corrected chi connectivity index (χ3v) is 4.44. The van der Waals surface area contributed by atoms with E-state index < -0.39 is 0 Å². The van der Waals surface area contributed by atoms with Crippen molar-refractivity contribution in [3.63, 3.8) is 0 Å². The number of nitrogens with zero attached hydrogens (tertiary/aromatic N) is 4. The minimum absolute atomic E-state index is 0.464. The molecule has 0 radical (unpaired) electrons. The lowest BCUT2D eigenvalue weighted by Gasteiger charge is -2.05. The number of hydrogen-bond donors (Lipinski definition) is 0. The van der Waals surface area contributed by atoms with Crippen LogP contribution in [0, 0.1) is 0 Å². The molecule has 0 amide bonds. The molecule has 122 valence electrons. The molecule has 6 heteroatoms. The van der Waals surface area contributed by atoms with Crippen molar-refractivity contribution in [2.45, 2.75) is 26.3 Å². The van der Waals surface area contributed by atoms with Crippen LogP contribution in [0.25, 0.3) is 33.4 Å². The Kier molecular flexibility index (Phi) is 3.94. The molecule has 0 fully saturated rings. The van der Waals surface area contributed by atoms with Crippen molar-refractivity contribution in [2.24, 2.45) is 0 Å². The van der Waals surface area contributed by atoms with Gasteiger partial charge in [0.2, 0.25) is 0 Å². The highest BCUT2D eigenvalue weighted by Crippen LogP contribution is 2.31. The number of fused-ring (bicyclic) bond motifs is 3. The van der Waals surface area contributed by atoms with Crippen molar-refractivity contribution in [3.05, 3.63) is 42.4 Å². The average Bonchev–Trinajstić information content (AvgIpc) is 3.22. The molecule has 0 spiro atoms. The Morgan fingerprint density at radius 2 is 2.04 bits per heavy atom. The molecule has 0 N–H and O–H groups in total. The fourth-order valence-corrected chi connectivity index (χ4v) is 3.14. The van der Waals surface area contributed by atoms with Crippen molar-refractivity contribution < 1.29 is 4.52 Å². The van der Waals surface area contributed by atoms with E-state index in [4.69, 9.17) is 16.1 Å². The van der Waals surface area contributed by atoms with Gasteiger partial charge in [0, 0.05) is 35.1 Å². The second kappa shape index (κ2) is 6.24. The number of benzene rings is 1. The van der Waals surface area contributed by atoms with E-state index in [-0.39, 0.29) is 0 Å². The van der Waals surface area contributed by atoms with Crippen LogP contribution >= 0.6 is 11.6 Å². The van der Waals surface area contributed by atoms with Crippen molar-refractivity contribution in [2.75, 3.05) is 5.88 Å². The van der Waals surface area contributed by atoms with Gasteiger partial charge in [0.15, 0.2) is 5.82 Å². The molecule has 0 aliphatic heterocycles. The van der Waals surface area contributed by atoms with Crippen LogP contribution in [0.2, 0.25) is 0 Å². The summed E-state index contributed by atoms with van der Waals surface area (Å²) in [5.74, 6) is 1.80. The van der Waals surface area contributed by atoms with Crippen LogP contribution < -0.4 is 0 Å². The fourth-order valence-electron chi connectivity index (χ4n) is 3.02. The summed E-state index contributed by atoms with van der Waals surface area (Å²) >= 11 is 5.89. The number of alkyl halides is 1.